The third-order valence-electron chi connectivity index (χ3n) is 0.653. The standard InChI is InChI=1S/C4H6F3N3O2/c5-4(6,7)12-2(11)1-10-3(8)9/h1H2,(H4,8,9,10). The second kappa shape index (κ2) is 3.79. The summed E-state index contributed by atoms with van der Waals surface area (Å²) < 4.78 is 36.8. The number of hydrogen-bond donors (Lipinski definition) is 3. The van der Waals surface area contributed by atoms with Crippen molar-refractivity contribution in [2.75, 3.05) is 6.54 Å². The van der Waals surface area contributed by atoms with E-state index in [0.29, 0.717) is 0 Å². The van der Waals surface area contributed by atoms with Crippen molar-refractivity contribution < 1.29 is 22.7 Å². The van der Waals surface area contributed by atoms with Crippen LogP contribution in [0.15, 0.2) is 0 Å². The highest BCUT2D eigenvalue weighted by Gasteiger charge is 2.33. The Kier molecular flexibility index (Phi) is 3.32. The molecule has 0 aromatic rings. The monoisotopic (exact) mass is 185 g/mol. The number of hydrogen-bond acceptors (Lipinski definition) is 3. The molecule has 0 bridgehead atoms. The zero-order valence-electron chi connectivity index (χ0n) is 5.73. The van der Waals surface area contributed by atoms with Crippen molar-refractivity contribution in [1.82, 2.24) is 5.32 Å². The number of ether oxygens (including phenoxy) is 1. The van der Waals surface area contributed by atoms with Crippen LogP contribution in [0.4, 0.5) is 13.2 Å². The average Bonchev–Trinajstić information content (AvgIpc) is 1.79. The summed E-state index contributed by atoms with van der Waals surface area (Å²) in [7, 11) is 0. The van der Waals surface area contributed by atoms with Gasteiger partial charge in [0.25, 0.3) is 0 Å². The summed E-state index contributed by atoms with van der Waals surface area (Å²) in [5.74, 6) is -2.15. The first-order valence-corrected chi connectivity index (χ1v) is 2.68. The smallest absolute Gasteiger partial charge is 0.372 e. The Morgan fingerprint density at radius 1 is 1.58 bits per heavy atom. The number of carbonyl (C=O) groups is 1. The van der Waals surface area contributed by atoms with Gasteiger partial charge >= 0.3 is 12.3 Å². The Labute approximate surface area is 65.2 Å². The van der Waals surface area contributed by atoms with Crippen LogP contribution < -0.4 is 11.1 Å². The van der Waals surface area contributed by atoms with Crippen LogP contribution in [0.5, 0.6) is 0 Å². The summed E-state index contributed by atoms with van der Waals surface area (Å²) in [6.07, 6.45) is -4.99. The second-order valence-corrected chi connectivity index (χ2v) is 1.69. The number of carbonyl (C=O) groups excluding carboxylic acids is 1. The lowest BCUT2D eigenvalue weighted by atomic mass is 10.6. The number of esters is 1. The van der Waals surface area contributed by atoms with Crippen molar-refractivity contribution in [3.63, 3.8) is 0 Å². The Morgan fingerprint density at radius 3 is 2.42 bits per heavy atom. The highest BCUT2D eigenvalue weighted by molar-refractivity contribution is 5.80. The van der Waals surface area contributed by atoms with Crippen LogP contribution >= 0.6 is 0 Å². The van der Waals surface area contributed by atoms with Crippen molar-refractivity contribution >= 4 is 11.9 Å². The minimum absolute atomic E-state index is 0.603. The molecule has 0 aliphatic rings. The van der Waals surface area contributed by atoms with Gasteiger partial charge in [-0.3, -0.25) is 5.41 Å². The summed E-state index contributed by atoms with van der Waals surface area (Å²) in [6, 6.07) is 0. The first kappa shape index (κ1) is 10.5. The summed E-state index contributed by atoms with van der Waals surface area (Å²) in [5.41, 5.74) is 4.69. The maximum Gasteiger partial charge on any atom is 0.575 e. The minimum Gasteiger partial charge on any atom is -0.372 e. The van der Waals surface area contributed by atoms with Gasteiger partial charge in [-0.25, -0.2) is 4.79 Å². The van der Waals surface area contributed by atoms with E-state index in [-0.39, 0.29) is 0 Å². The summed E-state index contributed by atoms with van der Waals surface area (Å²) in [4.78, 5) is 10.2. The number of guanidine groups is 1. The van der Waals surface area contributed by atoms with Gasteiger partial charge in [-0.15, -0.1) is 13.2 Å². The van der Waals surface area contributed by atoms with Gasteiger partial charge in [0.2, 0.25) is 0 Å². The maximum atomic E-state index is 11.3. The normalized spacial score (nSPS) is 10.6. The molecule has 12 heavy (non-hydrogen) atoms. The molecule has 0 aromatic heterocycles. The molecule has 70 valence electrons. The van der Waals surface area contributed by atoms with Gasteiger partial charge < -0.3 is 15.8 Å². The lowest BCUT2D eigenvalue weighted by Gasteiger charge is -2.07. The molecule has 8 heteroatoms. The van der Waals surface area contributed by atoms with Crippen LogP contribution in [0.25, 0.3) is 0 Å². The van der Waals surface area contributed by atoms with Crippen LogP contribution in [-0.4, -0.2) is 24.8 Å². The molecule has 5 nitrogen and oxygen atoms in total. The van der Waals surface area contributed by atoms with E-state index >= 15 is 0 Å². The molecule has 0 rings (SSSR count). The van der Waals surface area contributed by atoms with Crippen LogP contribution in [0.2, 0.25) is 0 Å². The van der Waals surface area contributed by atoms with E-state index in [1.807, 2.05) is 5.32 Å². The number of alkyl halides is 3. The maximum absolute atomic E-state index is 11.3. The van der Waals surface area contributed by atoms with E-state index in [0.717, 1.165) is 0 Å². The van der Waals surface area contributed by atoms with Gasteiger partial charge in [0.15, 0.2) is 5.96 Å². The lowest BCUT2D eigenvalue weighted by Crippen LogP contribution is -2.37. The van der Waals surface area contributed by atoms with Crippen LogP contribution in [-0.2, 0) is 9.53 Å². The predicted octanol–water partition coefficient (Wildman–Crippen LogP) is -0.468. The largest absolute Gasteiger partial charge is 0.575 e. The fourth-order valence-electron chi connectivity index (χ4n) is 0.333. The van der Waals surface area contributed by atoms with Crippen LogP contribution in [0, 0.1) is 5.41 Å². The first-order valence-electron chi connectivity index (χ1n) is 2.68. The summed E-state index contributed by atoms with van der Waals surface area (Å²) >= 11 is 0. The molecule has 0 saturated heterocycles. The van der Waals surface area contributed by atoms with Crippen molar-refractivity contribution in [2.24, 2.45) is 5.73 Å². The molecule has 0 atom stereocenters. The molecule has 0 aliphatic carbocycles. The molecule has 4 N–H and O–H groups in total. The van der Waals surface area contributed by atoms with Crippen LogP contribution in [0.1, 0.15) is 0 Å². The van der Waals surface area contributed by atoms with Gasteiger partial charge in [-0.05, 0) is 0 Å². The highest BCUT2D eigenvalue weighted by Crippen LogP contribution is 2.15. The molecule has 0 radical (unpaired) electrons. The number of halogens is 3. The van der Waals surface area contributed by atoms with E-state index in [1.165, 1.54) is 0 Å². The molecule has 0 heterocycles. The van der Waals surface area contributed by atoms with E-state index in [4.69, 9.17) is 5.41 Å². The first-order chi connectivity index (χ1) is 5.31. The lowest BCUT2D eigenvalue weighted by molar-refractivity contribution is -0.305. The Bertz CT molecular complexity index is 190. The molecule has 0 unspecified atom stereocenters. The zero-order valence-corrected chi connectivity index (χ0v) is 5.73. The summed E-state index contributed by atoms with van der Waals surface area (Å²) in [5, 5.41) is 8.35. The van der Waals surface area contributed by atoms with Crippen molar-refractivity contribution in [1.29, 1.82) is 5.41 Å². The number of rotatable bonds is 2. The third-order valence-corrected chi connectivity index (χ3v) is 0.653. The predicted molar refractivity (Wildman–Crippen MR) is 32.1 cm³/mol. The molecule has 0 amide bonds. The SMILES string of the molecule is N=C(N)NCC(=O)OC(F)(F)F. The van der Waals surface area contributed by atoms with Gasteiger partial charge in [-0.1, -0.05) is 0 Å². The molecule has 0 aliphatic heterocycles. The molecule has 0 spiro atoms. The van der Waals surface area contributed by atoms with E-state index in [9.17, 15) is 18.0 Å². The van der Waals surface area contributed by atoms with Gasteiger partial charge in [-0.2, -0.15) is 0 Å². The average molecular weight is 185 g/mol. The van der Waals surface area contributed by atoms with Crippen molar-refractivity contribution in [3.05, 3.63) is 0 Å². The Morgan fingerprint density at radius 2 is 2.08 bits per heavy atom. The molecule has 0 aromatic carbocycles. The molecular formula is C4H6F3N3O2. The van der Waals surface area contributed by atoms with Gasteiger partial charge in [0.1, 0.15) is 6.54 Å². The summed E-state index contributed by atoms with van der Waals surface area (Å²) in [6.45, 7) is -0.783. The van der Waals surface area contributed by atoms with Crippen LogP contribution in [0.3, 0.4) is 0 Å². The van der Waals surface area contributed by atoms with E-state index < -0.39 is 24.8 Å². The second-order valence-electron chi connectivity index (χ2n) is 1.69. The number of nitrogens with two attached hydrogens (primary N) is 1. The third kappa shape index (κ3) is 6.65. The fraction of sp³-hybridized carbons (Fsp3) is 0.500. The van der Waals surface area contributed by atoms with Gasteiger partial charge in [0, 0.05) is 0 Å². The quantitative estimate of drug-likeness (QED) is 0.308. The van der Waals surface area contributed by atoms with Gasteiger partial charge in [0.05, 0.1) is 0 Å². The molecule has 0 fully saturated rings. The molecule has 0 saturated carbocycles. The minimum atomic E-state index is -4.99. The zero-order chi connectivity index (χ0) is 9.78. The van der Waals surface area contributed by atoms with Crippen molar-refractivity contribution in [3.8, 4) is 0 Å². The molecular weight excluding hydrogens is 179 g/mol. The fourth-order valence-corrected chi connectivity index (χ4v) is 0.333. The Hall–Kier alpha value is -1.47. The van der Waals surface area contributed by atoms with Crippen molar-refractivity contribution in [2.45, 2.75) is 6.36 Å². The Balaban J connectivity index is 3.68. The number of nitrogens with one attached hydrogen (secondary N) is 2. The van der Waals surface area contributed by atoms with E-state index in [1.54, 1.807) is 0 Å². The highest BCUT2D eigenvalue weighted by atomic mass is 19.4. The topological polar surface area (TPSA) is 88.2 Å². The van der Waals surface area contributed by atoms with E-state index in [2.05, 4.69) is 10.5 Å².